The van der Waals surface area contributed by atoms with Crippen molar-refractivity contribution in [3.05, 3.63) is 30.3 Å². The van der Waals surface area contributed by atoms with Gasteiger partial charge in [-0.15, -0.1) is 0 Å². The zero-order valence-electron chi connectivity index (χ0n) is 14.9. The number of hydrogen-bond donors (Lipinski definition) is 2. The molecule has 1 saturated heterocycles. The van der Waals surface area contributed by atoms with Gasteiger partial charge in [-0.1, -0.05) is 18.2 Å². The van der Waals surface area contributed by atoms with E-state index in [-0.39, 0.29) is 25.0 Å². The van der Waals surface area contributed by atoms with Gasteiger partial charge in [-0.25, -0.2) is 0 Å². The van der Waals surface area contributed by atoms with Crippen LogP contribution in [0.1, 0.15) is 13.8 Å². The molecule has 0 unspecified atom stereocenters. The Labute approximate surface area is 148 Å². The maximum absolute atomic E-state index is 12.2. The summed E-state index contributed by atoms with van der Waals surface area (Å²) in [7, 11) is 0. The van der Waals surface area contributed by atoms with Crippen LogP contribution in [0.25, 0.3) is 0 Å². The molecule has 1 aliphatic heterocycles. The highest BCUT2D eigenvalue weighted by Gasteiger charge is 2.25. The molecular weight excluding hydrogens is 322 g/mol. The van der Waals surface area contributed by atoms with Crippen molar-refractivity contribution in [1.29, 1.82) is 0 Å². The van der Waals surface area contributed by atoms with E-state index in [0.717, 1.165) is 13.1 Å². The molecule has 7 heteroatoms. The Balaban J connectivity index is 1.64. The number of aliphatic hydroxyl groups is 1. The summed E-state index contributed by atoms with van der Waals surface area (Å²) in [4.78, 5) is 27.8. The molecule has 0 saturated carbocycles. The first-order chi connectivity index (χ1) is 11.8. The van der Waals surface area contributed by atoms with Crippen LogP contribution < -0.4 is 10.1 Å². The molecule has 0 radical (unpaired) electrons. The van der Waals surface area contributed by atoms with Crippen LogP contribution in [-0.4, -0.2) is 78.2 Å². The molecular formula is C18H27N3O4. The summed E-state index contributed by atoms with van der Waals surface area (Å²) in [6.45, 7) is 6.65. The Morgan fingerprint density at radius 3 is 2.40 bits per heavy atom. The highest BCUT2D eigenvalue weighted by molar-refractivity contribution is 5.85. The van der Waals surface area contributed by atoms with Crippen LogP contribution in [0.15, 0.2) is 30.3 Å². The molecule has 7 nitrogen and oxygen atoms in total. The van der Waals surface area contributed by atoms with E-state index in [2.05, 4.69) is 10.2 Å². The van der Waals surface area contributed by atoms with Crippen molar-refractivity contribution in [2.24, 2.45) is 0 Å². The number of benzene rings is 1. The molecule has 1 heterocycles. The van der Waals surface area contributed by atoms with Crippen LogP contribution in [-0.2, 0) is 9.59 Å². The number of ether oxygens (including phenoxy) is 1. The van der Waals surface area contributed by atoms with Crippen molar-refractivity contribution in [3.8, 4) is 5.75 Å². The minimum absolute atomic E-state index is 0.0253. The smallest absolute Gasteiger partial charge is 0.258 e. The van der Waals surface area contributed by atoms with E-state index in [9.17, 15) is 14.7 Å². The predicted molar refractivity (Wildman–Crippen MR) is 94.3 cm³/mol. The topological polar surface area (TPSA) is 82.1 Å². The Bertz CT molecular complexity index is 563. The van der Waals surface area contributed by atoms with Gasteiger partial charge in [0.15, 0.2) is 6.61 Å². The SMILES string of the molecule is CC(C)(O)CN1CCN(C(=O)CNC(=O)COc2ccccc2)CC1. The lowest BCUT2D eigenvalue weighted by Gasteiger charge is -2.37. The summed E-state index contributed by atoms with van der Waals surface area (Å²) in [5.41, 5.74) is -0.737. The maximum atomic E-state index is 12.2. The number of piperazine rings is 1. The van der Waals surface area contributed by atoms with E-state index >= 15 is 0 Å². The molecule has 138 valence electrons. The summed E-state index contributed by atoms with van der Waals surface area (Å²) in [5.74, 6) is 0.195. The van der Waals surface area contributed by atoms with Gasteiger partial charge in [0.05, 0.1) is 12.1 Å². The molecule has 0 aromatic heterocycles. The van der Waals surface area contributed by atoms with Crippen LogP contribution in [0.5, 0.6) is 5.75 Å². The molecule has 1 aromatic carbocycles. The third-order valence-corrected chi connectivity index (χ3v) is 3.89. The predicted octanol–water partition coefficient (Wildman–Crippen LogP) is 0.0967. The number of carbonyl (C=O) groups excluding carboxylic acids is 2. The van der Waals surface area contributed by atoms with Crippen LogP contribution in [0.4, 0.5) is 0 Å². The lowest BCUT2D eigenvalue weighted by molar-refractivity contribution is -0.135. The first kappa shape index (κ1) is 19.2. The fourth-order valence-corrected chi connectivity index (χ4v) is 2.71. The lowest BCUT2D eigenvalue weighted by Crippen LogP contribution is -2.53. The number of nitrogens with one attached hydrogen (secondary N) is 1. The molecule has 0 bridgehead atoms. The minimum atomic E-state index is -0.737. The van der Waals surface area contributed by atoms with Gasteiger partial charge in [-0.05, 0) is 26.0 Å². The third-order valence-electron chi connectivity index (χ3n) is 3.89. The van der Waals surface area contributed by atoms with Crippen molar-refractivity contribution < 1.29 is 19.4 Å². The van der Waals surface area contributed by atoms with Crippen molar-refractivity contribution in [1.82, 2.24) is 15.1 Å². The standard InChI is InChI=1S/C18H27N3O4/c1-18(2,24)14-20-8-10-21(11-9-20)17(23)12-19-16(22)13-25-15-6-4-3-5-7-15/h3-7,24H,8-14H2,1-2H3,(H,19,22). The van der Waals surface area contributed by atoms with Crippen LogP contribution in [0.3, 0.4) is 0 Å². The third kappa shape index (κ3) is 7.11. The monoisotopic (exact) mass is 349 g/mol. The van der Waals surface area contributed by atoms with Crippen LogP contribution in [0, 0.1) is 0 Å². The summed E-state index contributed by atoms with van der Waals surface area (Å²) in [5, 5.41) is 12.4. The second-order valence-electron chi connectivity index (χ2n) is 6.85. The van der Waals surface area contributed by atoms with E-state index in [1.165, 1.54) is 0 Å². The molecule has 0 atom stereocenters. The van der Waals surface area contributed by atoms with Crippen LogP contribution >= 0.6 is 0 Å². The van der Waals surface area contributed by atoms with Crippen LogP contribution in [0.2, 0.25) is 0 Å². The Kier molecular flexibility index (Phi) is 6.78. The average Bonchev–Trinajstić information content (AvgIpc) is 2.58. The zero-order chi connectivity index (χ0) is 18.3. The van der Waals surface area contributed by atoms with Gasteiger partial charge in [-0.2, -0.15) is 0 Å². The number of para-hydroxylation sites is 1. The maximum Gasteiger partial charge on any atom is 0.258 e. The number of nitrogens with zero attached hydrogens (tertiary/aromatic N) is 2. The number of hydrogen-bond acceptors (Lipinski definition) is 5. The van der Waals surface area contributed by atoms with Crippen molar-refractivity contribution in [2.75, 3.05) is 45.9 Å². The first-order valence-electron chi connectivity index (χ1n) is 8.50. The largest absolute Gasteiger partial charge is 0.484 e. The highest BCUT2D eigenvalue weighted by atomic mass is 16.5. The zero-order valence-corrected chi connectivity index (χ0v) is 14.9. The molecule has 1 fully saturated rings. The minimum Gasteiger partial charge on any atom is -0.484 e. The van der Waals surface area contributed by atoms with E-state index in [0.29, 0.717) is 25.4 Å². The number of β-amino-alcohol motifs (C(OH)–C–C–N with tert-alkyl or cyclic N) is 1. The normalized spacial score (nSPS) is 15.7. The Hall–Kier alpha value is -2.12. The molecule has 2 amide bonds. The van der Waals surface area contributed by atoms with E-state index in [4.69, 9.17) is 4.74 Å². The summed E-state index contributed by atoms with van der Waals surface area (Å²) < 4.78 is 5.34. The van der Waals surface area contributed by atoms with Crippen molar-refractivity contribution in [2.45, 2.75) is 19.4 Å². The van der Waals surface area contributed by atoms with E-state index < -0.39 is 5.60 Å². The molecule has 1 aliphatic rings. The van der Waals surface area contributed by atoms with E-state index in [1.807, 2.05) is 18.2 Å². The van der Waals surface area contributed by atoms with Crippen molar-refractivity contribution in [3.63, 3.8) is 0 Å². The molecule has 0 spiro atoms. The fraction of sp³-hybridized carbons (Fsp3) is 0.556. The number of rotatable bonds is 7. The summed E-state index contributed by atoms with van der Waals surface area (Å²) >= 11 is 0. The van der Waals surface area contributed by atoms with Gasteiger partial charge in [0.25, 0.3) is 5.91 Å². The number of carbonyl (C=O) groups is 2. The molecule has 2 N–H and O–H groups in total. The summed E-state index contributed by atoms with van der Waals surface area (Å²) in [6.07, 6.45) is 0. The number of amides is 2. The van der Waals surface area contributed by atoms with E-state index in [1.54, 1.807) is 30.9 Å². The summed E-state index contributed by atoms with van der Waals surface area (Å²) in [6, 6.07) is 9.06. The van der Waals surface area contributed by atoms with Gasteiger partial charge < -0.3 is 20.1 Å². The Morgan fingerprint density at radius 1 is 1.16 bits per heavy atom. The molecule has 1 aromatic rings. The second-order valence-corrected chi connectivity index (χ2v) is 6.85. The van der Waals surface area contributed by atoms with Gasteiger partial charge in [0, 0.05) is 32.7 Å². The lowest BCUT2D eigenvalue weighted by atomic mass is 10.1. The Morgan fingerprint density at radius 2 is 1.80 bits per heavy atom. The molecule has 0 aliphatic carbocycles. The van der Waals surface area contributed by atoms with Crippen molar-refractivity contribution >= 4 is 11.8 Å². The quantitative estimate of drug-likeness (QED) is 0.729. The molecule has 25 heavy (non-hydrogen) atoms. The van der Waals surface area contributed by atoms with Gasteiger partial charge >= 0.3 is 0 Å². The average molecular weight is 349 g/mol. The van der Waals surface area contributed by atoms with Gasteiger partial charge in [0.2, 0.25) is 5.91 Å². The first-order valence-corrected chi connectivity index (χ1v) is 8.50. The highest BCUT2D eigenvalue weighted by Crippen LogP contribution is 2.09. The van der Waals surface area contributed by atoms with Gasteiger partial charge in [-0.3, -0.25) is 14.5 Å². The molecule has 2 rings (SSSR count). The fourth-order valence-electron chi connectivity index (χ4n) is 2.71. The second kappa shape index (κ2) is 8.82. The van der Waals surface area contributed by atoms with Gasteiger partial charge in [0.1, 0.15) is 5.75 Å².